The van der Waals surface area contributed by atoms with Gasteiger partial charge in [-0.2, -0.15) is 5.10 Å². The molecule has 0 radical (unpaired) electrons. The van der Waals surface area contributed by atoms with Crippen molar-refractivity contribution >= 4 is 43.8 Å². The smallest absolute Gasteiger partial charge is 0.276 e. The summed E-state index contributed by atoms with van der Waals surface area (Å²) in [4.78, 5) is 33.1. The van der Waals surface area contributed by atoms with E-state index in [-0.39, 0.29) is 41.9 Å². The lowest BCUT2D eigenvalue weighted by Gasteiger charge is -2.29. The third-order valence-electron chi connectivity index (χ3n) is 5.48. The van der Waals surface area contributed by atoms with Crippen LogP contribution in [0.25, 0.3) is 0 Å². The summed E-state index contributed by atoms with van der Waals surface area (Å²) in [6.45, 7) is 4.05. The van der Waals surface area contributed by atoms with Crippen LogP contribution >= 0.6 is 11.3 Å². The number of anilines is 1. The molecule has 1 saturated heterocycles. The molecular weight excluding hydrogens is 412 g/mol. The standard InChI is InChI=1S/C19H24N4O4S2/c1-2-10-22(19-20-14-5-3-4-6-16(14)28-19)18(25)15-7-8-17(24)23(21-15)13-9-11-29(26,27)12-13/h2,13H,1,3-12H2/t13-/m1/s1. The molecule has 0 aromatic carbocycles. The highest BCUT2D eigenvalue weighted by atomic mass is 32.2. The summed E-state index contributed by atoms with van der Waals surface area (Å²) in [5.74, 6) is -0.578. The summed E-state index contributed by atoms with van der Waals surface area (Å²) in [6, 6.07) is -0.490. The molecule has 2 aliphatic heterocycles. The highest BCUT2D eigenvalue weighted by Crippen LogP contribution is 2.32. The number of rotatable bonds is 5. The van der Waals surface area contributed by atoms with E-state index >= 15 is 0 Å². The van der Waals surface area contributed by atoms with Gasteiger partial charge in [0.15, 0.2) is 15.0 Å². The van der Waals surface area contributed by atoms with Gasteiger partial charge in [0.1, 0.15) is 5.71 Å². The molecule has 3 heterocycles. The van der Waals surface area contributed by atoms with Gasteiger partial charge in [-0.15, -0.1) is 17.9 Å². The Morgan fingerprint density at radius 3 is 2.76 bits per heavy atom. The van der Waals surface area contributed by atoms with E-state index in [1.165, 1.54) is 21.2 Å². The zero-order valence-electron chi connectivity index (χ0n) is 16.2. The lowest BCUT2D eigenvalue weighted by Crippen LogP contribution is -2.45. The van der Waals surface area contributed by atoms with E-state index in [0.717, 1.165) is 31.4 Å². The molecule has 1 aromatic rings. The minimum absolute atomic E-state index is 0.0491. The molecule has 1 fully saturated rings. The number of carbonyl (C=O) groups is 2. The van der Waals surface area contributed by atoms with Crippen molar-refractivity contribution in [2.45, 2.75) is 51.0 Å². The van der Waals surface area contributed by atoms with Crippen LogP contribution in [0.4, 0.5) is 5.13 Å². The van der Waals surface area contributed by atoms with Gasteiger partial charge in [-0.1, -0.05) is 6.08 Å². The van der Waals surface area contributed by atoms with Crippen molar-refractivity contribution in [2.75, 3.05) is 23.0 Å². The Bertz CT molecular complexity index is 959. The fourth-order valence-electron chi connectivity index (χ4n) is 3.97. The largest absolute Gasteiger partial charge is 0.279 e. The number of amides is 2. The van der Waals surface area contributed by atoms with Gasteiger partial charge in [0.2, 0.25) is 5.91 Å². The van der Waals surface area contributed by atoms with Crippen LogP contribution in [0.3, 0.4) is 0 Å². The van der Waals surface area contributed by atoms with Crippen molar-refractivity contribution in [2.24, 2.45) is 5.10 Å². The summed E-state index contributed by atoms with van der Waals surface area (Å²) < 4.78 is 23.6. The van der Waals surface area contributed by atoms with Gasteiger partial charge in [0.05, 0.1) is 23.2 Å². The highest BCUT2D eigenvalue weighted by molar-refractivity contribution is 7.91. The van der Waals surface area contributed by atoms with Crippen molar-refractivity contribution in [1.29, 1.82) is 0 Å². The number of fused-ring (bicyclic) bond motifs is 1. The van der Waals surface area contributed by atoms with Gasteiger partial charge in [-0.25, -0.2) is 18.4 Å². The number of hydrazone groups is 1. The molecule has 4 rings (SSSR count). The van der Waals surface area contributed by atoms with Crippen molar-refractivity contribution in [3.63, 3.8) is 0 Å². The van der Waals surface area contributed by atoms with E-state index in [2.05, 4.69) is 16.7 Å². The number of sulfone groups is 1. The third kappa shape index (κ3) is 4.13. The van der Waals surface area contributed by atoms with Crippen molar-refractivity contribution < 1.29 is 18.0 Å². The van der Waals surface area contributed by atoms with Gasteiger partial charge >= 0.3 is 0 Å². The fourth-order valence-corrected chi connectivity index (χ4v) is 6.81. The number of hydrogen-bond donors (Lipinski definition) is 0. The SMILES string of the molecule is C=CCN(C(=O)C1=NN([C@@H]2CCS(=O)(=O)C2)C(=O)CC1)c1nc2c(s1)CCCC2. The molecule has 2 amide bonds. The summed E-state index contributed by atoms with van der Waals surface area (Å²) in [6.07, 6.45) is 6.56. The molecule has 29 heavy (non-hydrogen) atoms. The third-order valence-corrected chi connectivity index (χ3v) is 8.41. The number of aryl methyl sites for hydroxylation is 2. The first kappa shape index (κ1) is 20.2. The summed E-state index contributed by atoms with van der Waals surface area (Å²) in [7, 11) is -3.16. The first-order valence-corrected chi connectivity index (χ1v) is 12.5. The van der Waals surface area contributed by atoms with Gasteiger partial charge in [0, 0.05) is 24.3 Å². The summed E-state index contributed by atoms with van der Waals surface area (Å²) >= 11 is 1.53. The van der Waals surface area contributed by atoms with Crippen molar-refractivity contribution in [3.05, 3.63) is 23.2 Å². The Hall–Kier alpha value is -2.07. The Morgan fingerprint density at radius 1 is 1.28 bits per heavy atom. The van der Waals surface area contributed by atoms with Gasteiger partial charge in [-0.05, 0) is 32.1 Å². The van der Waals surface area contributed by atoms with Crippen LogP contribution < -0.4 is 4.90 Å². The molecule has 0 saturated carbocycles. The first-order chi connectivity index (χ1) is 13.9. The number of nitrogens with zero attached hydrogens (tertiary/aromatic N) is 4. The Morgan fingerprint density at radius 2 is 2.07 bits per heavy atom. The second kappa shape index (κ2) is 7.98. The average molecular weight is 437 g/mol. The van der Waals surface area contributed by atoms with E-state index in [1.807, 2.05) is 0 Å². The van der Waals surface area contributed by atoms with Gasteiger partial charge < -0.3 is 0 Å². The Labute approximate surface area is 174 Å². The number of carbonyl (C=O) groups excluding carboxylic acids is 2. The summed E-state index contributed by atoms with van der Waals surface area (Å²) in [5, 5.41) is 6.17. The van der Waals surface area contributed by atoms with Crippen molar-refractivity contribution in [3.8, 4) is 0 Å². The van der Waals surface area contributed by atoms with E-state index in [0.29, 0.717) is 18.1 Å². The maximum Gasteiger partial charge on any atom is 0.276 e. The molecule has 0 bridgehead atoms. The number of hydrogen-bond acceptors (Lipinski definition) is 7. The normalized spacial score (nSPS) is 23.4. The number of aromatic nitrogens is 1. The predicted molar refractivity (Wildman–Crippen MR) is 112 cm³/mol. The minimum atomic E-state index is -3.16. The highest BCUT2D eigenvalue weighted by Gasteiger charge is 2.38. The molecule has 0 N–H and O–H groups in total. The molecule has 1 aliphatic carbocycles. The maximum atomic E-state index is 13.3. The Balaban J connectivity index is 1.60. The van der Waals surface area contributed by atoms with Gasteiger partial charge in [0.25, 0.3) is 5.91 Å². The predicted octanol–water partition coefficient (Wildman–Crippen LogP) is 1.71. The van der Waals surface area contributed by atoms with Crippen LogP contribution in [0.5, 0.6) is 0 Å². The topological polar surface area (TPSA) is 100 Å². The fraction of sp³-hybridized carbons (Fsp3) is 0.579. The van der Waals surface area contributed by atoms with Crippen LogP contribution in [0.1, 0.15) is 42.7 Å². The molecule has 8 nitrogen and oxygen atoms in total. The van der Waals surface area contributed by atoms with E-state index in [4.69, 9.17) is 0 Å². The minimum Gasteiger partial charge on any atom is -0.279 e. The second-order valence-corrected chi connectivity index (χ2v) is 10.9. The average Bonchev–Trinajstić information content (AvgIpc) is 3.28. The van der Waals surface area contributed by atoms with Crippen LogP contribution in [0, 0.1) is 0 Å². The van der Waals surface area contributed by atoms with Crippen molar-refractivity contribution in [1.82, 2.24) is 9.99 Å². The molecular formula is C19H24N4O4S2. The van der Waals surface area contributed by atoms with Crippen LogP contribution in [0.15, 0.2) is 17.8 Å². The van der Waals surface area contributed by atoms with Crippen LogP contribution in [0.2, 0.25) is 0 Å². The van der Waals surface area contributed by atoms with Gasteiger partial charge in [-0.3, -0.25) is 14.5 Å². The lowest BCUT2D eigenvalue weighted by atomic mass is 10.0. The molecule has 1 atom stereocenters. The Kier molecular flexibility index (Phi) is 5.56. The maximum absolute atomic E-state index is 13.3. The monoisotopic (exact) mass is 436 g/mol. The van der Waals surface area contributed by atoms with E-state index < -0.39 is 15.9 Å². The first-order valence-electron chi connectivity index (χ1n) is 9.89. The van der Waals surface area contributed by atoms with Crippen LogP contribution in [-0.4, -0.2) is 60.0 Å². The quantitative estimate of drug-likeness (QED) is 0.654. The van der Waals surface area contributed by atoms with E-state index in [9.17, 15) is 18.0 Å². The zero-order chi connectivity index (χ0) is 20.6. The molecule has 10 heteroatoms. The summed E-state index contributed by atoms with van der Waals surface area (Å²) in [5.41, 5.74) is 1.33. The second-order valence-electron chi connectivity index (χ2n) is 7.62. The van der Waals surface area contributed by atoms with Crippen LogP contribution in [-0.2, 0) is 32.3 Å². The lowest BCUT2D eigenvalue weighted by molar-refractivity contribution is -0.133. The molecule has 156 valence electrons. The molecule has 0 unspecified atom stereocenters. The van der Waals surface area contributed by atoms with E-state index in [1.54, 1.807) is 11.0 Å². The molecule has 3 aliphatic rings. The number of thiazole rings is 1. The molecule has 1 aromatic heterocycles. The zero-order valence-corrected chi connectivity index (χ0v) is 17.8. The molecule has 0 spiro atoms.